The van der Waals surface area contributed by atoms with Gasteiger partial charge < -0.3 is 5.32 Å². The van der Waals surface area contributed by atoms with Crippen LogP contribution in [-0.4, -0.2) is 20.4 Å². The second-order valence-corrected chi connectivity index (χ2v) is 6.30. The summed E-state index contributed by atoms with van der Waals surface area (Å²) in [5.74, 6) is -3.20. The highest BCUT2D eigenvalue weighted by Gasteiger charge is 2.25. The Morgan fingerprint density at radius 2 is 1.85 bits per heavy atom. The Morgan fingerprint density at radius 1 is 1.25 bits per heavy atom. The lowest BCUT2D eigenvalue weighted by Gasteiger charge is -2.13. The van der Waals surface area contributed by atoms with Gasteiger partial charge in [-0.05, 0) is 25.0 Å². The van der Waals surface area contributed by atoms with E-state index in [1.807, 2.05) is 0 Å². The number of hydrogen-bond acceptors (Lipinski definition) is 3. The number of sulfonamides is 1. The first kappa shape index (κ1) is 14.9. The van der Waals surface area contributed by atoms with E-state index in [2.05, 4.69) is 5.32 Å². The number of amides is 1. The molecule has 20 heavy (non-hydrogen) atoms. The molecule has 0 heterocycles. The molecule has 0 aliphatic heterocycles. The summed E-state index contributed by atoms with van der Waals surface area (Å²) in [5, 5.41) is 7.35. The van der Waals surface area contributed by atoms with Crippen molar-refractivity contribution in [3.05, 3.63) is 29.3 Å². The topological polar surface area (TPSA) is 89.3 Å². The van der Waals surface area contributed by atoms with Crippen LogP contribution in [0, 0.1) is 11.6 Å². The number of hydrogen-bond donors (Lipinski definition) is 2. The van der Waals surface area contributed by atoms with E-state index in [9.17, 15) is 22.0 Å². The van der Waals surface area contributed by atoms with E-state index in [-0.39, 0.29) is 6.04 Å². The van der Waals surface area contributed by atoms with Crippen LogP contribution in [-0.2, 0) is 10.0 Å². The van der Waals surface area contributed by atoms with Crippen molar-refractivity contribution in [1.82, 2.24) is 5.32 Å². The van der Waals surface area contributed by atoms with Crippen molar-refractivity contribution in [3.8, 4) is 0 Å². The lowest BCUT2D eigenvalue weighted by atomic mass is 10.1. The predicted molar refractivity (Wildman–Crippen MR) is 67.5 cm³/mol. The van der Waals surface area contributed by atoms with Crippen LogP contribution in [0.3, 0.4) is 0 Å². The van der Waals surface area contributed by atoms with E-state index in [0.29, 0.717) is 12.1 Å². The van der Waals surface area contributed by atoms with Crippen molar-refractivity contribution >= 4 is 15.9 Å². The number of halogens is 2. The highest BCUT2D eigenvalue weighted by atomic mass is 32.2. The van der Waals surface area contributed by atoms with Gasteiger partial charge in [-0.25, -0.2) is 22.3 Å². The molecule has 5 nitrogen and oxygen atoms in total. The first-order chi connectivity index (χ1) is 9.29. The van der Waals surface area contributed by atoms with Gasteiger partial charge in [-0.15, -0.1) is 0 Å². The molecule has 110 valence electrons. The third-order valence-electron chi connectivity index (χ3n) is 3.25. The van der Waals surface area contributed by atoms with Gasteiger partial charge in [0.25, 0.3) is 5.91 Å². The molecule has 0 aromatic heterocycles. The molecular formula is C12H14F2N2O3S. The zero-order valence-electron chi connectivity index (χ0n) is 10.5. The summed E-state index contributed by atoms with van der Waals surface area (Å²) < 4.78 is 49.7. The van der Waals surface area contributed by atoms with Crippen LogP contribution in [0.1, 0.15) is 36.0 Å². The molecule has 1 saturated carbocycles. The van der Waals surface area contributed by atoms with E-state index in [1.165, 1.54) is 0 Å². The molecule has 1 aromatic carbocycles. The van der Waals surface area contributed by atoms with Gasteiger partial charge in [-0.1, -0.05) is 12.8 Å². The van der Waals surface area contributed by atoms with Crippen LogP contribution in [0.2, 0.25) is 0 Å². The van der Waals surface area contributed by atoms with Crippen LogP contribution in [0.25, 0.3) is 0 Å². The monoisotopic (exact) mass is 304 g/mol. The van der Waals surface area contributed by atoms with Gasteiger partial charge in [-0.3, -0.25) is 4.79 Å². The number of benzene rings is 1. The van der Waals surface area contributed by atoms with Crippen LogP contribution in [0.5, 0.6) is 0 Å². The zero-order chi connectivity index (χ0) is 14.9. The van der Waals surface area contributed by atoms with E-state index in [4.69, 9.17) is 5.14 Å². The van der Waals surface area contributed by atoms with E-state index in [1.54, 1.807) is 0 Å². The molecule has 0 atom stereocenters. The summed E-state index contributed by atoms with van der Waals surface area (Å²) in [7, 11) is -4.43. The first-order valence-electron chi connectivity index (χ1n) is 6.12. The van der Waals surface area contributed by atoms with Gasteiger partial charge in [0.1, 0.15) is 10.7 Å². The predicted octanol–water partition coefficient (Wildman–Crippen LogP) is 1.28. The molecule has 0 spiro atoms. The number of primary sulfonamides is 1. The zero-order valence-corrected chi connectivity index (χ0v) is 11.3. The molecule has 0 saturated heterocycles. The quantitative estimate of drug-likeness (QED) is 0.881. The third-order valence-corrected chi connectivity index (χ3v) is 4.16. The fourth-order valence-electron chi connectivity index (χ4n) is 2.27. The lowest BCUT2D eigenvalue weighted by Crippen LogP contribution is -2.33. The minimum Gasteiger partial charge on any atom is -0.349 e. The fraction of sp³-hybridized carbons (Fsp3) is 0.417. The summed E-state index contributed by atoms with van der Waals surface area (Å²) in [6.45, 7) is 0. The lowest BCUT2D eigenvalue weighted by molar-refractivity contribution is 0.0932. The highest BCUT2D eigenvalue weighted by Crippen LogP contribution is 2.21. The Hall–Kier alpha value is -1.54. The molecule has 3 N–H and O–H groups in total. The van der Waals surface area contributed by atoms with Gasteiger partial charge in [0, 0.05) is 6.04 Å². The van der Waals surface area contributed by atoms with E-state index < -0.39 is 38.0 Å². The Labute approximate surface area is 115 Å². The van der Waals surface area contributed by atoms with Gasteiger partial charge in [0.05, 0.1) is 5.56 Å². The van der Waals surface area contributed by atoms with E-state index in [0.717, 1.165) is 25.7 Å². The maximum Gasteiger partial charge on any atom is 0.254 e. The SMILES string of the molecule is NS(=O)(=O)c1cc(F)cc(C(=O)NC2CCCC2)c1F. The number of rotatable bonds is 3. The third kappa shape index (κ3) is 3.13. The minimum atomic E-state index is -4.43. The van der Waals surface area contributed by atoms with Crippen molar-refractivity contribution in [2.45, 2.75) is 36.6 Å². The molecular weight excluding hydrogens is 290 g/mol. The maximum absolute atomic E-state index is 14.0. The van der Waals surface area contributed by atoms with Crippen molar-refractivity contribution in [3.63, 3.8) is 0 Å². The number of nitrogens with two attached hydrogens (primary N) is 1. The normalized spacial score (nSPS) is 16.4. The highest BCUT2D eigenvalue weighted by molar-refractivity contribution is 7.89. The van der Waals surface area contributed by atoms with Gasteiger partial charge in [0.15, 0.2) is 5.82 Å². The van der Waals surface area contributed by atoms with Crippen LogP contribution >= 0.6 is 0 Å². The molecule has 0 radical (unpaired) electrons. The standard InChI is InChI=1S/C12H14F2N2O3S/c13-7-5-9(11(14)10(6-7)20(15,18)19)12(17)16-8-3-1-2-4-8/h5-6,8H,1-4H2,(H,16,17)(H2,15,18,19). The second-order valence-electron chi connectivity index (χ2n) is 4.77. The van der Waals surface area contributed by atoms with E-state index >= 15 is 0 Å². The molecule has 1 aliphatic carbocycles. The number of carbonyl (C=O) groups is 1. The van der Waals surface area contributed by atoms with Crippen LogP contribution < -0.4 is 10.5 Å². The summed E-state index contributed by atoms with van der Waals surface area (Å²) in [4.78, 5) is 10.9. The summed E-state index contributed by atoms with van der Waals surface area (Å²) in [6.07, 6.45) is 3.45. The molecule has 1 aromatic rings. The Bertz CT molecular complexity index is 640. The van der Waals surface area contributed by atoms with Crippen molar-refractivity contribution in [2.24, 2.45) is 5.14 Å². The number of carbonyl (C=O) groups excluding carboxylic acids is 1. The number of nitrogens with one attached hydrogen (secondary N) is 1. The molecule has 1 aliphatic rings. The van der Waals surface area contributed by atoms with Crippen LogP contribution in [0.4, 0.5) is 8.78 Å². The average Bonchev–Trinajstić information content (AvgIpc) is 2.83. The second kappa shape index (κ2) is 5.45. The maximum atomic E-state index is 14.0. The Balaban J connectivity index is 2.36. The first-order valence-corrected chi connectivity index (χ1v) is 7.66. The fourth-order valence-corrected chi connectivity index (χ4v) is 2.91. The van der Waals surface area contributed by atoms with Gasteiger partial charge in [0.2, 0.25) is 10.0 Å². The average molecular weight is 304 g/mol. The van der Waals surface area contributed by atoms with Gasteiger partial charge in [-0.2, -0.15) is 0 Å². The van der Waals surface area contributed by atoms with Crippen molar-refractivity contribution < 1.29 is 22.0 Å². The molecule has 8 heteroatoms. The molecule has 2 rings (SSSR count). The Kier molecular flexibility index (Phi) is 4.05. The molecule has 0 unspecified atom stereocenters. The van der Waals surface area contributed by atoms with Crippen molar-refractivity contribution in [2.75, 3.05) is 0 Å². The van der Waals surface area contributed by atoms with Crippen LogP contribution in [0.15, 0.2) is 17.0 Å². The molecule has 1 amide bonds. The largest absolute Gasteiger partial charge is 0.349 e. The van der Waals surface area contributed by atoms with Crippen molar-refractivity contribution in [1.29, 1.82) is 0 Å². The molecule has 0 bridgehead atoms. The van der Waals surface area contributed by atoms with Gasteiger partial charge >= 0.3 is 0 Å². The smallest absolute Gasteiger partial charge is 0.254 e. The summed E-state index contributed by atoms with van der Waals surface area (Å²) in [6, 6.07) is 1.02. The summed E-state index contributed by atoms with van der Waals surface area (Å²) in [5.41, 5.74) is -0.652. The molecule has 1 fully saturated rings. The minimum absolute atomic E-state index is 0.0944. The summed E-state index contributed by atoms with van der Waals surface area (Å²) >= 11 is 0. The Morgan fingerprint density at radius 3 is 2.40 bits per heavy atom.